The second-order valence-corrected chi connectivity index (χ2v) is 7.24. The maximum Gasteiger partial charge on any atom is 0.496 e. The quantitative estimate of drug-likeness (QED) is 0.162. The normalized spacial score (nSPS) is 13.2. The van der Waals surface area contributed by atoms with Crippen molar-refractivity contribution in [3.63, 3.8) is 0 Å². The fourth-order valence-electron chi connectivity index (χ4n) is 2.92. The van der Waals surface area contributed by atoms with Gasteiger partial charge < -0.3 is 13.9 Å². The Hall–Kier alpha value is -3.27. The van der Waals surface area contributed by atoms with Gasteiger partial charge in [-0.25, -0.2) is 19.0 Å². The minimum absolute atomic E-state index is 0.103. The van der Waals surface area contributed by atoms with Crippen molar-refractivity contribution in [1.29, 1.82) is 0 Å². The molecule has 0 radical (unpaired) electrons. The zero-order valence-corrected chi connectivity index (χ0v) is 18.5. The summed E-state index contributed by atoms with van der Waals surface area (Å²) in [5.41, 5.74) is -0.101. The lowest BCUT2D eigenvalue weighted by Crippen LogP contribution is -2.46. The molecule has 0 spiro atoms. The monoisotopic (exact) mass is 544 g/mol. The molecule has 7 nitrogen and oxygen atoms in total. The molecule has 2 aromatic carbocycles. The lowest BCUT2D eigenvalue weighted by atomic mass is 10.1. The Kier molecular flexibility index (Phi) is 8.12. The minimum atomic E-state index is -5.80. The number of hydrogen-bond donors (Lipinski definition) is 0. The van der Waals surface area contributed by atoms with Crippen molar-refractivity contribution in [2.45, 2.75) is 24.8 Å². The SMILES string of the molecule is COCC(F)(F)OC(F)(F)OC(F)(F)OC(F)(F)COc1ccc2cc(-c3ccccc3)c(=O)oc2c1. The first kappa shape index (κ1) is 28.3. The van der Waals surface area contributed by atoms with Gasteiger partial charge in [-0.1, -0.05) is 30.3 Å². The van der Waals surface area contributed by atoms with Gasteiger partial charge in [0.15, 0.2) is 6.61 Å². The largest absolute Gasteiger partial charge is 0.496 e. The zero-order valence-electron chi connectivity index (χ0n) is 18.5. The lowest BCUT2D eigenvalue weighted by Gasteiger charge is -2.27. The van der Waals surface area contributed by atoms with Crippen LogP contribution in [-0.2, 0) is 18.9 Å². The summed E-state index contributed by atoms with van der Waals surface area (Å²) in [5, 5.41) is 0.362. The Bertz CT molecular complexity index is 1260. The second kappa shape index (κ2) is 10.6. The van der Waals surface area contributed by atoms with Gasteiger partial charge in [0.05, 0.1) is 5.56 Å². The van der Waals surface area contributed by atoms with E-state index in [0.717, 1.165) is 12.1 Å². The van der Waals surface area contributed by atoms with Gasteiger partial charge in [-0.05, 0) is 23.8 Å². The Morgan fingerprint density at radius 2 is 1.35 bits per heavy atom. The molecule has 15 heteroatoms. The summed E-state index contributed by atoms with van der Waals surface area (Å²) in [5.74, 6) is -0.400. The molecule has 0 aliphatic heterocycles. The minimum Gasteiger partial charge on any atom is -0.484 e. The molecule has 3 rings (SSSR count). The zero-order chi connectivity index (χ0) is 27.5. The third-order valence-electron chi connectivity index (χ3n) is 4.29. The van der Waals surface area contributed by atoms with Crippen molar-refractivity contribution >= 4 is 11.0 Å². The average molecular weight is 544 g/mol. The first-order valence-electron chi connectivity index (χ1n) is 9.97. The van der Waals surface area contributed by atoms with Crippen LogP contribution in [0.2, 0.25) is 0 Å². The van der Waals surface area contributed by atoms with Crippen LogP contribution in [0.15, 0.2) is 63.8 Å². The van der Waals surface area contributed by atoms with Gasteiger partial charge in [0.1, 0.15) is 17.9 Å². The highest BCUT2D eigenvalue weighted by molar-refractivity contribution is 5.82. The van der Waals surface area contributed by atoms with Crippen LogP contribution in [0.5, 0.6) is 5.75 Å². The number of ether oxygens (including phenoxy) is 5. The van der Waals surface area contributed by atoms with E-state index in [2.05, 4.69) is 23.7 Å². The van der Waals surface area contributed by atoms with E-state index in [1.165, 1.54) is 12.1 Å². The molecule has 3 aromatic rings. The van der Waals surface area contributed by atoms with Crippen molar-refractivity contribution in [2.24, 2.45) is 0 Å². The van der Waals surface area contributed by atoms with Gasteiger partial charge in [0.25, 0.3) is 0 Å². The number of fused-ring (bicyclic) bond motifs is 1. The number of alkyl halides is 8. The summed E-state index contributed by atoms with van der Waals surface area (Å²) < 4.78 is 129. The lowest BCUT2D eigenvalue weighted by molar-refractivity contribution is -0.574. The molecule has 202 valence electrons. The van der Waals surface area contributed by atoms with Gasteiger partial charge in [-0.15, -0.1) is 17.6 Å². The molecule has 0 bridgehead atoms. The highest BCUT2D eigenvalue weighted by Crippen LogP contribution is 2.37. The Balaban J connectivity index is 1.66. The fourth-order valence-corrected chi connectivity index (χ4v) is 2.92. The fraction of sp³-hybridized carbons (Fsp3) is 0.318. The van der Waals surface area contributed by atoms with Crippen LogP contribution in [0.3, 0.4) is 0 Å². The van der Waals surface area contributed by atoms with Crippen molar-refractivity contribution in [1.82, 2.24) is 0 Å². The highest BCUT2D eigenvalue weighted by atomic mass is 19.3. The average Bonchev–Trinajstić information content (AvgIpc) is 2.75. The molecule has 0 unspecified atom stereocenters. The molecule has 1 heterocycles. The topological polar surface area (TPSA) is 76.4 Å². The summed E-state index contributed by atoms with van der Waals surface area (Å²) in [7, 11) is 0.666. The molecule has 0 aliphatic carbocycles. The van der Waals surface area contributed by atoms with Crippen molar-refractivity contribution in [2.75, 3.05) is 20.3 Å². The van der Waals surface area contributed by atoms with Crippen LogP contribution in [0, 0.1) is 0 Å². The summed E-state index contributed by atoms with van der Waals surface area (Å²) in [6, 6.07) is 13.3. The molecule has 0 saturated carbocycles. The summed E-state index contributed by atoms with van der Waals surface area (Å²) in [4.78, 5) is 12.3. The molecular weight excluding hydrogens is 528 g/mol. The van der Waals surface area contributed by atoms with Gasteiger partial charge in [0, 0.05) is 18.6 Å². The van der Waals surface area contributed by atoms with E-state index in [9.17, 15) is 39.9 Å². The van der Waals surface area contributed by atoms with E-state index in [4.69, 9.17) is 4.42 Å². The summed E-state index contributed by atoms with van der Waals surface area (Å²) >= 11 is 0. The Morgan fingerprint density at radius 3 is 1.95 bits per heavy atom. The maximum absolute atomic E-state index is 13.8. The summed E-state index contributed by atoms with van der Waals surface area (Å²) in [6.45, 7) is -3.74. The number of halogens is 8. The standard InChI is InChI=1S/C22H16F8O7/c1-32-11-19(23,24)35-21(27,28)37-22(29,30)36-20(25,26)12-33-15-8-7-14-9-16(13-5-3-2-4-6-13)18(31)34-17(14)10-15/h2-10H,11-12H2,1H3. The smallest absolute Gasteiger partial charge is 0.484 e. The van der Waals surface area contributed by atoms with E-state index in [0.29, 0.717) is 18.1 Å². The van der Waals surface area contributed by atoms with Crippen LogP contribution >= 0.6 is 0 Å². The van der Waals surface area contributed by atoms with Crippen LogP contribution in [0.4, 0.5) is 35.1 Å². The van der Waals surface area contributed by atoms with Crippen LogP contribution < -0.4 is 10.4 Å². The first-order valence-corrected chi connectivity index (χ1v) is 9.97. The summed E-state index contributed by atoms with van der Waals surface area (Å²) in [6.07, 6.45) is -21.3. The molecule has 0 amide bonds. The Labute approximate surface area is 202 Å². The molecule has 37 heavy (non-hydrogen) atoms. The molecule has 0 saturated heterocycles. The van der Waals surface area contributed by atoms with E-state index >= 15 is 0 Å². The first-order chi connectivity index (χ1) is 17.1. The van der Waals surface area contributed by atoms with Crippen LogP contribution in [-0.4, -0.2) is 45.1 Å². The van der Waals surface area contributed by atoms with Crippen molar-refractivity contribution < 1.29 is 63.2 Å². The van der Waals surface area contributed by atoms with Gasteiger partial charge in [-0.2, -0.15) is 17.6 Å². The third kappa shape index (κ3) is 8.11. The van der Waals surface area contributed by atoms with Gasteiger partial charge >= 0.3 is 30.4 Å². The molecule has 0 atom stereocenters. The van der Waals surface area contributed by atoms with Crippen molar-refractivity contribution in [3.05, 3.63) is 65.0 Å². The van der Waals surface area contributed by atoms with E-state index in [1.54, 1.807) is 30.3 Å². The van der Waals surface area contributed by atoms with E-state index in [-0.39, 0.29) is 11.1 Å². The van der Waals surface area contributed by atoms with Crippen LogP contribution in [0.25, 0.3) is 22.1 Å². The number of methoxy groups -OCH3 is 1. The van der Waals surface area contributed by atoms with Gasteiger partial charge in [0.2, 0.25) is 0 Å². The third-order valence-corrected chi connectivity index (χ3v) is 4.29. The predicted octanol–water partition coefficient (Wildman–Crippen LogP) is 5.82. The molecule has 0 aliphatic rings. The molecule has 0 N–H and O–H groups in total. The molecular formula is C22H16F8O7. The van der Waals surface area contributed by atoms with E-state index < -0.39 is 49.4 Å². The van der Waals surface area contributed by atoms with Crippen molar-refractivity contribution in [3.8, 4) is 16.9 Å². The number of hydrogen-bond acceptors (Lipinski definition) is 7. The maximum atomic E-state index is 13.8. The Morgan fingerprint density at radius 1 is 0.757 bits per heavy atom. The van der Waals surface area contributed by atoms with Crippen LogP contribution in [0.1, 0.15) is 0 Å². The predicted molar refractivity (Wildman–Crippen MR) is 108 cm³/mol. The van der Waals surface area contributed by atoms with Gasteiger partial charge in [-0.3, -0.25) is 0 Å². The van der Waals surface area contributed by atoms with E-state index in [1.807, 2.05) is 0 Å². The second-order valence-electron chi connectivity index (χ2n) is 7.24. The highest BCUT2D eigenvalue weighted by Gasteiger charge is 2.56. The molecule has 0 fully saturated rings. The number of rotatable bonds is 12. The molecule has 1 aromatic heterocycles. The number of benzene rings is 2.